The van der Waals surface area contributed by atoms with E-state index in [1.165, 1.54) is 18.4 Å². The predicted octanol–water partition coefficient (Wildman–Crippen LogP) is 1.99. The summed E-state index contributed by atoms with van der Waals surface area (Å²) in [4.78, 5) is 0.253. The zero-order valence-corrected chi connectivity index (χ0v) is 15.5. The van der Waals surface area contributed by atoms with Crippen molar-refractivity contribution in [1.82, 2.24) is 20.2 Å². The third kappa shape index (κ3) is 3.83. The van der Waals surface area contributed by atoms with Crippen LogP contribution in [-0.2, 0) is 16.4 Å². The van der Waals surface area contributed by atoms with Gasteiger partial charge in [-0.05, 0) is 65.4 Å². The van der Waals surface area contributed by atoms with E-state index < -0.39 is 9.84 Å². The van der Waals surface area contributed by atoms with E-state index >= 15 is 0 Å². The van der Waals surface area contributed by atoms with Gasteiger partial charge in [0.1, 0.15) is 5.75 Å². The molecule has 3 rings (SSSR count). The lowest BCUT2D eigenvalue weighted by molar-refractivity contribution is 0.414. The van der Waals surface area contributed by atoms with Crippen LogP contribution in [0.4, 0.5) is 5.69 Å². The van der Waals surface area contributed by atoms with E-state index in [9.17, 15) is 8.42 Å². The molecule has 0 aliphatic rings. The van der Waals surface area contributed by atoms with Gasteiger partial charge < -0.3 is 10.1 Å². The van der Waals surface area contributed by atoms with Crippen molar-refractivity contribution < 1.29 is 13.2 Å². The van der Waals surface area contributed by atoms with Crippen LogP contribution < -0.4 is 10.1 Å². The molecule has 0 fully saturated rings. The highest BCUT2D eigenvalue weighted by atomic mass is 32.2. The fourth-order valence-corrected chi connectivity index (χ4v) is 3.12. The number of benzene rings is 2. The Balaban J connectivity index is 1.79. The maximum absolute atomic E-state index is 11.6. The number of hydrogen-bond acceptors (Lipinski definition) is 7. The van der Waals surface area contributed by atoms with Crippen molar-refractivity contribution in [3.05, 3.63) is 53.9 Å². The number of tetrazole rings is 1. The van der Waals surface area contributed by atoms with Crippen molar-refractivity contribution in [2.75, 3.05) is 18.7 Å². The molecular formula is C17H19N5O3S. The van der Waals surface area contributed by atoms with Gasteiger partial charge in [0.15, 0.2) is 15.7 Å². The second kappa shape index (κ2) is 7.12. The summed E-state index contributed by atoms with van der Waals surface area (Å²) in [7, 11) is -1.61. The van der Waals surface area contributed by atoms with Crippen LogP contribution >= 0.6 is 0 Å². The Morgan fingerprint density at radius 1 is 1.15 bits per heavy atom. The number of ether oxygens (including phenoxy) is 1. The Hall–Kier alpha value is -2.94. The van der Waals surface area contributed by atoms with Gasteiger partial charge in [0, 0.05) is 11.9 Å². The first kappa shape index (κ1) is 17.9. The molecule has 0 bridgehead atoms. The van der Waals surface area contributed by atoms with Crippen molar-refractivity contribution in [2.45, 2.75) is 18.4 Å². The van der Waals surface area contributed by atoms with Gasteiger partial charge in [-0.25, -0.2) is 8.42 Å². The molecule has 0 aliphatic carbocycles. The average Bonchev–Trinajstić information content (AvgIpc) is 3.08. The van der Waals surface area contributed by atoms with E-state index in [1.807, 2.05) is 25.1 Å². The minimum Gasteiger partial charge on any atom is -0.497 e. The molecule has 1 heterocycles. The highest BCUT2D eigenvalue weighted by molar-refractivity contribution is 7.90. The summed E-state index contributed by atoms with van der Waals surface area (Å²) in [5.74, 6) is 1.40. The normalized spacial score (nSPS) is 11.3. The molecule has 9 heteroatoms. The molecule has 0 saturated heterocycles. The first-order valence-electron chi connectivity index (χ1n) is 7.85. The summed E-state index contributed by atoms with van der Waals surface area (Å²) < 4.78 is 29.9. The Labute approximate surface area is 151 Å². The van der Waals surface area contributed by atoms with E-state index in [0.717, 1.165) is 17.0 Å². The van der Waals surface area contributed by atoms with Gasteiger partial charge in [-0.15, -0.1) is 5.10 Å². The largest absolute Gasteiger partial charge is 0.497 e. The summed E-state index contributed by atoms with van der Waals surface area (Å²) in [6.45, 7) is 2.39. The molecule has 0 atom stereocenters. The zero-order valence-electron chi connectivity index (χ0n) is 14.7. The van der Waals surface area contributed by atoms with Gasteiger partial charge in [-0.1, -0.05) is 0 Å². The molecule has 3 aromatic rings. The highest BCUT2D eigenvalue weighted by Crippen LogP contribution is 2.21. The van der Waals surface area contributed by atoms with Crippen LogP contribution in [0.3, 0.4) is 0 Å². The maximum atomic E-state index is 11.6. The monoisotopic (exact) mass is 373 g/mol. The molecule has 0 radical (unpaired) electrons. The molecular weight excluding hydrogens is 354 g/mol. The number of nitrogens with one attached hydrogen (secondary N) is 1. The number of aromatic nitrogens is 4. The van der Waals surface area contributed by atoms with Gasteiger partial charge in [0.05, 0.1) is 24.2 Å². The molecule has 0 unspecified atom stereocenters. The van der Waals surface area contributed by atoms with E-state index in [1.54, 1.807) is 23.9 Å². The van der Waals surface area contributed by atoms with Crippen LogP contribution in [0.5, 0.6) is 5.75 Å². The predicted molar refractivity (Wildman–Crippen MR) is 97.3 cm³/mol. The summed E-state index contributed by atoms with van der Waals surface area (Å²) in [5.41, 5.74) is 2.68. The molecule has 26 heavy (non-hydrogen) atoms. The quantitative estimate of drug-likeness (QED) is 0.705. The molecule has 1 aromatic heterocycles. The fourth-order valence-electron chi connectivity index (χ4n) is 2.49. The number of rotatable bonds is 6. The molecule has 0 aliphatic heterocycles. The second-order valence-corrected chi connectivity index (χ2v) is 7.82. The molecule has 0 spiro atoms. The van der Waals surface area contributed by atoms with Crippen molar-refractivity contribution in [3.8, 4) is 11.4 Å². The van der Waals surface area contributed by atoms with Crippen LogP contribution in [0, 0.1) is 6.92 Å². The van der Waals surface area contributed by atoms with Crippen molar-refractivity contribution in [1.29, 1.82) is 0 Å². The first-order chi connectivity index (χ1) is 12.4. The summed E-state index contributed by atoms with van der Waals surface area (Å²) >= 11 is 0. The second-order valence-electron chi connectivity index (χ2n) is 5.81. The molecule has 1 N–H and O–H groups in total. The average molecular weight is 373 g/mol. The standard InChI is InChI=1S/C17H19N5O3S/c1-12-10-14(25-2)6-9-16(12)18-11-17-19-20-21-22(17)13-4-7-15(8-5-13)26(3,23)24/h4-10,18H,11H2,1-3H3. The van der Waals surface area contributed by atoms with Gasteiger partial charge >= 0.3 is 0 Å². The van der Waals surface area contributed by atoms with Gasteiger partial charge in [-0.3, -0.25) is 0 Å². The lowest BCUT2D eigenvalue weighted by Gasteiger charge is -2.11. The van der Waals surface area contributed by atoms with Gasteiger partial charge in [0.25, 0.3) is 0 Å². The number of hydrogen-bond donors (Lipinski definition) is 1. The smallest absolute Gasteiger partial charge is 0.175 e. The van der Waals surface area contributed by atoms with E-state index in [2.05, 4.69) is 20.8 Å². The molecule has 2 aromatic carbocycles. The van der Waals surface area contributed by atoms with Crippen LogP contribution in [0.25, 0.3) is 5.69 Å². The van der Waals surface area contributed by atoms with Crippen LogP contribution in [0.2, 0.25) is 0 Å². The maximum Gasteiger partial charge on any atom is 0.175 e. The topological polar surface area (TPSA) is 99.0 Å². The number of methoxy groups -OCH3 is 1. The molecule has 0 amide bonds. The first-order valence-corrected chi connectivity index (χ1v) is 9.74. The summed E-state index contributed by atoms with van der Waals surface area (Å²) in [6, 6.07) is 12.2. The molecule has 0 saturated carbocycles. The van der Waals surface area contributed by atoms with Crippen LogP contribution in [-0.4, -0.2) is 42.0 Å². The summed E-state index contributed by atoms with van der Waals surface area (Å²) in [5, 5.41) is 15.0. The van der Waals surface area contributed by atoms with Gasteiger partial charge in [0.2, 0.25) is 0 Å². The van der Waals surface area contributed by atoms with Crippen molar-refractivity contribution >= 4 is 15.5 Å². The minimum atomic E-state index is -3.24. The third-order valence-corrected chi connectivity index (χ3v) is 5.04. The van der Waals surface area contributed by atoms with Crippen LogP contribution in [0.1, 0.15) is 11.4 Å². The minimum absolute atomic E-state index is 0.253. The summed E-state index contributed by atoms with van der Waals surface area (Å²) in [6.07, 6.45) is 1.17. The Bertz CT molecular complexity index is 1010. The van der Waals surface area contributed by atoms with Crippen LogP contribution in [0.15, 0.2) is 47.4 Å². The molecule has 8 nitrogen and oxygen atoms in total. The lowest BCUT2D eigenvalue weighted by Crippen LogP contribution is -2.09. The number of aryl methyl sites for hydroxylation is 1. The Morgan fingerprint density at radius 3 is 2.50 bits per heavy atom. The van der Waals surface area contributed by atoms with E-state index in [0.29, 0.717) is 18.1 Å². The number of nitrogens with zero attached hydrogens (tertiary/aromatic N) is 4. The van der Waals surface area contributed by atoms with Gasteiger partial charge in [-0.2, -0.15) is 4.68 Å². The number of anilines is 1. The number of sulfone groups is 1. The van der Waals surface area contributed by atoms with Crippen molar-refractivity contribution in [2.24, 2.45) is 0 Å². The third-order valence-electron chi connectivity index (χ3n) is 3.91. The SMILES string of the molecule is COc1ccc(NCc2nnnn2-c2ccc(S(C)(=O)=O)cc2)c(C)c1. The lowest BCUT2D eigenvalue weighted by atomic mass is 10.2. The van der Waals surface area contributed by atoms with Crippen molar-refractivity contribution in [3.63, 3.8) is 0 Å². The Morgan fingerprint density at radius 2 is 1.88 bits per heavy atom. The fraction of sp³-hybridized carbons (Fsp3) is 0.235. The zero-order chi connectivity index (χ0) is 18.7. The highest BCUT2D eigenvalue weighted by Gasteiger charge is 2.11. The Kier molecular flexibility index (Phi) is 4.90. The van der Waals surface area contributed by atoms with E-state index in [4.69, 9.17) is 4.74 Å². The molecule has 136 valence electrons. The van der Waals surface area contributed by atoms with E-state index in [-0.39, 0.29) is 4.90 Å².